The first-order valence-corrected chi connectivity index (χ1v) is 10.2. The number of amidine groups is 1. The van der Waals surface area contributed by atoms with Crippen molar-refractivity contribution in [2.75, 3.05) is 13.1 Å². The average Bonchev–Trinajstić information content (AvgIpc) is 3.14. The molecule has 6 nitrogen and oxygen atoms in total. The summed E-state index contributed by atoms with van der Waals surface area (Å²) in [7, 11) is 0. The predicted octanol–water partition coefficient (Wildman–Crippen LogP) is 5.70. The maximum atomic E-state index is 11.3. The molecule has 0 radical (unpaired) electrons. The van der Waals surface area contributed by atoms with E-state index in [2.05, 4.69) is 32.3 Å². The Labute approximate surface area is 179 Å². The molecule has 2 aliphatic rings. The minimum Gasteiger partial charge on any atom is -0.372 e. The Hall–Kier alpha value is -2.12. The van der Waals surface area contributed by atoms with Gasteiger partial charge in [0.15, 0.2) is 5.84 Å². The fourth-order valence-corrected chi connectivity index (χ4v) is 4.11. The second-order valence-corrected chi connectivity index (χ2v) is 7.89. The normalized spacial score (nSPS) is 22.1. The fraction of sp³-hybridized carbons (Fsp3) is 0.333. The second kappa shape index (κ2) is 9.13. The van der Waals surface area contributed by atoms with Crippen molar-refractivity contribution in [2.45, 2.75) is 31.6 Å². The van der Waals surface area contributed by atoms with Crippen LogP contribution in [0.4, 0.5) is 4.79 Å². The van der Waals surface area contributed by atoms with Crippen LogP contribution in [-0.2, 0) is 11.3 Å². The number of azo groups is 1. The highest BCUT2D eigenvalue weighted by molar-refractivity contribution is 6.42. The SMILES string of the molecule is O=C1N=NC(CN2CCC[C@H](OCc3ccc(Cl)c(Cl)c3)[C@@H]2c2ccccc2)=N1. The van der Waals surface area contributed by atoms with E-state index in [9.17, 15) is 4.79 Å². The van der Waals surface area contributed by atoms with Crippen LogP contribution < -0.4 is 0 Å². The molecule has 0 unspecified atom stereocenters. The smallest absolute Gasteiger partial charge is 0.372 e. The lowest BCUT2D eigenvalue weighted by Gasteiger charge is -2.41. The third-order valence-corrected chi connectivity index (χ3v) is 5.83. The number of piperidine rings is 1. The van der Waals surface area contributed by atoms with Crippen LogP contribution in [0.25, 0.3) is 0 Å². The number of benzene rings is 2. The van der Waals surface area contributed by atoms with E-state index in [1.165, 1.54) is 0 Å². The first kappa shape index (κ1) is 20.2. The Bertz CT molecular complexity index is 949. The first-order valence-electron chi connectivity index (χ1n) is 9.48. The molecule has 1 saturated heterocycles. The molecular weight excluding hydrogens is 411 g/mol. The molecule has 4 rings (SSSR count). The minimum atomic E-state index is -0.541. The Morgan fingerprint density at radius 1 is 1.07 bits per heavy atom. The van der Waals surface area contributed by atoms with E-state index in [0.717, 1.165) is 30.5 Å². The maximum absolute atomic E-state index is 11.3. The first-order chi connectivity index (χ1) is 14.1. The summed E-state index contributed by atoms with van der Waals surface area (Å²) < 4.78 is 6.34. The van der Waals surface area contributed by atoms with Crippen LogP contribution in [0.2, 0.25) is 10.0 Å². The summed E-state index contributed by atoms with van der Waals surface area (Å²) in [6.45, 7) is 1.77. The van der Waals surface area contributed by atoms with Gasteiger partial charge in [0.05, 0.1) is 35.3 Å². The van der Waals surface area contributed by atoms with E-state index in [1.807, 2.05) is 30.3 Å². The number of ether oxygens (including phenoxy) is 1. The van der Waals surface area contributed by atoms with Gasteiger partial charge in [0.2, 0.25) is 0 Å². The van der Waals surface area contributed by atoms with Gasteiger partial charge in [0.25, 0.3) is 0 Å². The molecule has 0 N–H and O–H groups in total. The Kier molecular flexibility index (Phi) is 6.35. The summed E-state index contributed by atoms with van der Waals surface area (Å²) in [4.78, 5) is 17.5. The van der Waals surface area contributed by atoms with Crippen LogP contribution in [0.1, 0.15) is 30.0 Å². The zero-order valence-electron chi connectivity index (χ0n) is 15.7. The summed E-state index contributed by atoms with van der Waals surface area (Å²) in [5.41, 5.74) is 2.14. The molecule has 150 valence electrons. The Morgan fingerprint density at radius 2 is 1.90 bits per heavy atom. The van der Waals surface area contributed by atoms with Crippen LogP contribution in [-0.4, -0.2) is 36.0 Å². The molecule has 2 aromatic carbocycles. The Morgan fingerprint density at radius 3 is 2.62 bits per heavy atom. The summed E-state index contributed by atoms with van der Waals surface area (Å²) >= 11 is 12.1. The van der Waals surface area contributed by atoms with Crippen molar-refractivity contribution in [3.63, 3.8) is 0 Å². The fourth-order valence-electron chi connectivity index (χ4n) is 3.79. The van der Waals surface area contributed by atoms with Crippen LogP contribution in [0.15, 0.2) is 63.8 Å². The number of rotatable bonds is 6. The highest BCUT2D eigenvalue weighted by Crippen LogP contribution is 2.34. The predicted molar refractivity (Wildman–Crippen MR) is 113 cm³/mol. The number of likely N-dealkylation sites (tertiary alicyclic amines) is 1. The highest BCUT2D eigenvalue weighted by Gasteiger charge is 2.34. The van der Waals surface area contributed by atoms with E-state index >= 15 is 0 Å². The van der Waals surface area contributed by atoms with Crippen LogP contribution >= 0.6 is 23.2 Å². The highest BCUT2D eigenvalue weighted by atomic mass is 35.5. The molecule has 1 fully saturated rings. The van der Waals surface area contributed by atoms with Gasteiger partial charge in [0.1, 0.15) is 0 Å². The van der Waals surface area contributed by atoms with Crippen molar-refractivity contribution in [1.29, 1.82) is 0 Å². The van der Waals surface area contributed by atoms with Gasteiger partial charge in [-0.05, 0) is 42.6 Å². The van der Waals surface area contributed by atoms with E-state index in [4.69, 9.17) is 27.9 Å². The van der Waals surface area contributed by atoms with Gasteiger partial charge in [-0.25, -0.2) is 4.79 Å². The van der Waals surface area contributed by atoms with Crippen molar-refractivity contribution >= 4 is 35.1 Å². The van der Waals surface area contributed by atoms with E-state index in [1.54, 1.807) is 6.07 Å². The molecule has 0 aromatic heterocycles. The van der Waals surface area contributed by atoms with Crippen LogP contribution in [0.5, 0.6) is 0 Å². The lowest BCUT2D eigenvalue weighted by atomic mass is 9.92. The molecule has 2 amide bonds. The number of carbonyl (C=O) groups excluding carboxylic acids is 1. The zero-order chi connectivity index (χ0) is 20.2. The topological polar surface area (TPSA) is 66.6 Å². The van der Waals surface area contributed by atoms with Crippen LogP contribution in [0.3, 0.4) is 0 Å². The number of urea groups is 1. The van der Waals surface area contributed by atoms with Crippen molar-refractivity contribution in [1.82, 2.24) is 4.90 Å². The van der Waals surface area contributed by atoms with Gasteiger partial charge < -0.3 is 4.74 Å². The standard InChI is InChI=1S/C21H20Cl2N4O2/c22-16-9-8-14(11-17(16)23)13-29-18-7-4-10-27(12-19-24-21(28)26-25-19)20(18)15-5-2-1-3-6-15/h1-3,5-6,8-9,11,18,20H,4,7,10,12-13H2/t18-,20-/m0/s1. The Balaban J connectivity index is 1.54. The number of carbonyl (C=O) groups is 1. The molecule has 2 heterocycles. The van der Waals surface area contributed by atoms with E-state index in [-0.39, 0.29) is 12.1 Å². The monoisotopic (exact) mass is 430 g/mol. The molecule has 29 heavy (non-hydrogen) atoms. The molecule has 2 aliphatic heterocycles. The summed E-state index contributed by atoms with van der Waals surface area (Å²) in [6, 6.07) is 15.3. The van der Waals surface area contributed by atoms with Gasteiger partial charge in [-0.15, -0.1) is 5.11 Å². The summed E-state index contributed by atoms with van der Waals surface area (Å²) in [5, 5.41) is 8.43. The van der Waals surface area contributed by atoms with Crippen molar-refractivity contribution < 1.29 is 9.53 Å². The van der Waals surface area contributed by atoms with Crippen molar-refractivity contribution in [3.05, 3.63) is 69.7 Å². The van der Waals surface area contributed by atoms with Gasteiger partial charge in [-0.1, -0.05) is 64.7 Å². The number of amides is 2. The van der Waals surface area contributed by atoms with Gasteiger partial charge in [-0.3, -0.25) is 4.90 Å². The van der Waals surface area contributed by atoms with Crippen molar-refractivity contribution in [3.8, 4) is 0 Å². The number of nitrogens with zero attached hydrogens (tertiary/aromatic N) is 4. The number of hydrogen-bond acceptors (Lipinski definition) is 4. The lowest BCUT2D eigenvalue weighted by Crippen LogP contribution is -2.44. The van der Waals surface area contributed by atoms with E-state index < -0.39 is 6.03 Å². The maximum Gasteiger partial charge on any atom is 0.387 e. The third kappa shape index (κ3) is 4.90. The molecule has 2 aromatic rings. The third-order valence-electron chi connectivity index (χ3n) is 5.09. The van der Waals surface area contributed by atoms with Gasteiger partial charge in [0, 0.05) is 0 Å². The zero-order valence-corrected chi connectivity index (χ0v) is 17.2. The average molecular weight is 431 g/mol. The minimum absolute atomic E-state index is 0.0183. The number of hydrogen-bond donors (Lipinski definition) is 0. The molecule has 8 heteroatoms. The number of halogens is 2. The molecular formula is C21H20Cl2N4O2. The molecule has 0 bridgehead atoms. The molecule has 2 atom stereocenters. The van der Waals surface area contributed by atoms with Gasteiger partial charge in [-0.2, -0.15) is 4.99 Å². The quantitative estimate of drug-likeness (QED) is 0.589. The lowest BCUT2D eigenvalue weighted by molar-refractivity contribution is -0.0479. The molecule has 0 aliphatic carbocycles. The molecule has 0 saturated carbocycles. The largest absolute Gasteiger partial charge is 0.387 e. The van der Waals surface area contributed by atoms with Gasteiger partial charge >= 0.3 is 6.03 Å². The number of aliphatic imine (C=N–C) groups is 1. The van der Waals surface area contributed by atoms with Crippen molar-refractivity contribution in [2.24, 2.45) is 15.2 Å². The molecule has 0 spiro atoms. The second-order valence-electron chi connectivity index (χ2n) is 7.08. The summed E-state index contributed by atoms with van der Waals surface area (Å²) in [5.74, 6) is 0.445. The summed E-state index contributed by atoms with van der Waals surface area (Å²) in [6.07, 6.45) is 1.90. The van der Waals surface area contributed by atoms with Crippen LogP contribution in [0, 0.1) is 0 Å². The van der Waals surface area contributed by atoms with E-state index in [0.29, 0.717) is 29.0 Å².